The van der Waals surface area contributed by atoms with Crippen molar-refractivity contribution in [1.82, 2.24) is 0 Å². The number of allylic oxidation sites excluding steroid dienone is 2. The molecule has 18 heavy (non-hydrogen) atoms. The molecule has 1 fully saturated rings. The third kappa shape index (κ3) is 2.00. The van der Waals surface area contributed by atoms with E-state index in [0.29, 0.717) is 12.3 Å². The zero-order valence-corrected chi connectivity index (χ0v) is 10.4. The number of halogens is 1. The van der Waals surface area contributed by atoms with Gasteiger partial charge in [0.05, 0.1) is 0 Å². The molecule has 0 bridgehead atoms. The number of Topliss-reactive ketones (excluding diaryl/α,β-unsaturated/α-hetero) is 1. The number of rotatable bonds is 2. The number of benzene rings is 1. The predicted molar refractivity (Wildman–Crippen MR) is 69.5 cm³/mol. The van der Waals surface area contributed by atoms with Crippen LogP contribution in [0.3, 0.4) is 0 Å². The van der Waals surface area contributed by atoms with Gasteiger partial charge in [0.25, 0.3) is 0 Å². The second-order valence-corrected chi connectivity index (χ2v) is 5.31. The van der Waals surface area contributed by atoms with E-state index in [2.05, 4.69) is 0 Å². The van der Waals surface area contributed by atoms with E-state index >= 15 is 0 Å². The zero-order chi connectivity index (χ0) is 12.5. The molecule has 0 heterocycles. The Morgan fingerprint density at radius 3 is 2.33 bits per heavy atom. The van der Waals surface area contributed by atoms with Crippen LogP contribution in [0.15, 0.2) is 29.8 Å². The molecule has 0 aliphatic heterocycles. The van der Waals surface area contributed by atoms with Gasteiger partial charge in [0.2, 0.25) is 0 Å². The van der Waals surface area contributed by atoms with E-state index in [0.717, 1.165) is 17.6 Å². The quantitative estimate of drug-likeness (QED) is 0.764. The van der Waals surface area contributed by atoms with Crippen molar-refractivity contribution in [2.24, 2.45) is 5.92 Å². The van der Waals surface area contributed by atoms with Gasteiger partial charge in [-0.2, -0.15) is 0 Å². The van der Waals surface area contributed by atoms with Crippen molar-refractivity contribution < 1.29 is 9.18 Å². The van der Waals surface area contributed by atoms with Crippen LogP contribution in [-0.2, 0) is 4.79 Å². The van der Waals surface area contributed by atoms with Gasteiger partial charge in [-0.1, -0.05) is 30.5 Å². The fraction of sp³-hybridized carbons (Fsp3) is 0.438. The minimum atomic E-state index is -0.243. The molecule has 1 saturated carbocycles. The molecule has 0 aromatic heterocycles. The van der Waals surface area contributed by atoms with Crippen LogP contribution in [0.25, 0.3) is 5.57 Å². The van der Waals surface area contributed by atoms with Gasteiger partial charge in [0, 0.05) is 12.0 Å². The standard InChI is InChI=1S/C16H17FO/c17-13-7-5-12(6-8-13)16-14(9-10-15(16)18)11-3-1-2-4-11/h5-8,11H,1-4,9-10H2. The highest BCUT2D eigenvalue weighted by Crippen LogP contribution is 2.42. The smallest absolute Gasteiger partial charge is 0.163 e. The molecule has 0 unspecified atom stereocenters. The lowest BCUT2D eigenvalue weighted by molar-refractivity contribution is -0.113. The Morgan fingerprint density at radius 2 is 1.67 bits per heavy atom. The molecule has 0 radical (unpaired) electrons. The number of hydrogen-bond donors (Lipinski definition) is 0. The van der Waals surface area contributed by atoms with Crippen LogP contribution in [0.4, 0.5) is 4.39 Å². The average molecular weight is 244 g/mol. The maximum Gasteiger partial charge on any atom is 0.163 e. The van der Waals surface area contributed by atoms with E-state index in [1.807, 2.05) is 0 Å². The van der Waals surface area contributed by atoms with Crippen molar-refractivity contribution >= 4 is 11.4 Å². The van der Waals surface area contributed by atoms with Crippen molar-refractivity contribution in [3.8, 4) is 0 Å². The first kappa shape index (κ1) is 11.6. The minimum absolute atomic E-state index is 0.239. The molecular formula is C16H17FO. The van der Waals surface area contributed by atoms with E-state index in [9.17, 15) is 9.18 Å². The van der Waals surface area contributed by atoms with Crippen molar-refractivity contribution in [2.45, 2.75) is 38.5 Å². The van der Waals surface area contributed by atoms with Crippen molar-refractivity contribution in [3.63, 3.8) is 0 Å². The van der Waals surface area contributed by atoms with Gasteiger partial charge in [0.1, 0.15) is 5.82 Å². The molecule has 1 aromatic rings. The minimum Gasteiger partial charge on any atom is -0.294 e. The Bertz CT molecular complexity index is 492. The van der Waals surface area contributed by atoms with E-state index < -0.39 is 0 Å². The first-order valence-electron chi connectivity index (χ1n) is 6.78. The van der Waals surface area contributed by atoms with Crippen LogP contribution in [0.2, 0.25) is 0 Å². The first-order valence-corrected chi connectivity index (χ1v) is 6.78. The third-order valence-electron chi connectivity index (χ3n) is 4.20. The maximum atomic E-state index is 13.0. The summed E-state index contributed by atoms with van der Waals surface area (Å²) in [5.41, 5.74) is 3.13. The monoisotopic (exact) mass is 244 g/mol. The maximum absolute atomic E-state index is 13.0. The lowest BCUT2D eigenvalue weighted by Crippen LogP contribution is -2.01. The third-order valence-corrected chi connectivity index (χ3v) is 4.20. The van der Waals surface area contributed by atoms with Crippen LogP contribution >= 0.6 is 0 Å². The predicted octanol–water partition coefficient (Wildman–Crippen LogP) is 4.13. The SMILES string of the molecule is O=C1CCC(C2CCCC2)=C1c1ccc(F)cc1. The highest BCUT2D eigenvalue weighted by Gasteiger charge is 2.30. The lowest BCUT2D eigenvalue weighted by Gasteiger charge is -2.13. The zero-order valence-electron chi connectivity index (χ0n) is 10.4. The summed E-state index contributed by atoms with van der Waals surface area (Å²) in [5.74, 6) is 0.590. The molecule has 0 saturated heterocycles. The second kappa shape index (κ2) is 4.68. The van der Waals surface area contributed by atoms with Crippen molar-refractivity contribution in [3.05, 3.63) is 41.2 Å². The molecule has 2 aliphatic carbocycles. The van der Waals surface area contributed by atoms with E-state index in [-0.39, 0.29) is 11.6 Å². The fourth-order valence-corrected chi connectivity index (χ4v) is 3.32. The molecule has 1 aromatic carbocycles. The fourth-order valence-electron chi connectivity index (χ4n) is 3.32. The van der Waals surface area contributed by atoms with E-state index in [1.165, 1.54) is 43.4 Å². The topological polar surface area (TPSA) is 17.1 Å². The number of carbonyl (C=O) groups excluding carboxylic acids is 1. The number of hydrogen-bond acceptors (Lipinski definition) is 1. The van der Waals surface area contributed by atoms with E-state index in [1.54, 1.807) is 12.1 Å². The molecule has 0 N–H and O–H groups in total. The van der Waals surface area contributed by atoms with E-state index in [4.69, 9.17) is 0 Å². The summed E-state index contributed by atoms with van der Waals surface area (Å²) in [4.78, 5) is 12.1. The molecule has 0 spiro atoms. The highest BCUT2D eigenvalue weighted by atomic mass is 19.1. The van der Waals surface area contributed by atoms with Crippen LogP contribution in [0.5, 0.6) is 0 Å². The summed E-state index contributed by atoms with van der Waals surface area (Å²) in [5, 5.41) is 0. The van der Waals surface area contributed by atoms with Gasteiger partial charge < -0.3 is 0 Å². The Kier molecular flexibility index (Phi) is 3.02. The summed E-state index contributed by atoms with van der Waals surface area (Å²) in [6, 6.07) is 6.37. The summed E-state index contributed by atoms with van der Waals surface area (Å²) in [6.45, 7) is 0. The molecule has 0 amide bonds. The summed E-state index contributed by atoms with van der Waals surface area (Å²) >= 11 is 0. The van der Waals surface area contributed by atoms with Crippen LogP contribution in [-0.4, -0.2) is 5.78 Å². The van der Waals surface area contributed by atoms with Gasteiger partial charge >= 0.3 is 0 Å². The molecule has 2 aliphatic rings. The summed E-state index contributed by atoms with van der Waals surface area (Å²) < 4.78 is 13.0. The Labute approximate surface area is 107 Å². The molecule has 1 nitrogen and oxygen atoms in total. The number of carbonyl (C=O) groups is 1. The van der Waals surface area contributed by atoms with Gasteiger partial charge in [-0.05, 0) is 42.9 Å². The van der Waals surface area contributed by atoms with Crippen LogP contribution in [0, 0.1) is 11.7 Å². The average Bonchev–Trinajstić information content (AvgIpc) is 2.99. The lowest BCUT2D eigenvalue weighted by atomic mass is 9.91. The Balaban J connectivity index is 2.01. The normalized spacial score (nSPS) is 21.1. The number of ketones is 1. The second-order valence-electron chi connectivity index (χ2n) is 5.31. The van der Waals surface area contributed by atoms with Gasteiger partial charge in [0.15, 0.2) is 5.78 Å². The Hall–Kier alpha value is -1.44. The van der Waals surface area contributed by atoms with Gasteiger partial charge in [-0.15, -0.1) is 0 Å². The van der Waals surface area contributed by atoms with Crippen molar-refractivity contribution in [1.29, 1.82) is 0 Å². The largest absolute Gasteiger partial charge is 0.294 e. The van der Waals surface area contributed by atoms with Gasteiger partial charge in [-0.3, -0.25) is 4.79 Å². The van der Waals surface area contributed by atoms with Crippen LogP contribution in [0.1, 0.15) is 44.1 Å². The molecule has 2 heteroatoms. The van der Waals surface area contributed by atoms with Crippen molar-refractivity contribution in [2.75, 3.05) is 0 Å². The Morgan fingerprint density at radius 1 is 1.00 bits per heavy atom. The molecular weight excluding hydrogens is 227 g/mol. The first-order chi connectivity index (χ1) is 8.75. The summed E-state index contributed by atoms with van der Waals surface area (Å²) in [7, 11) is 0. The molecule has 94 valence electrons. The molecule has 3 rings (SSSR count). The van der Waals surface area contributed by atoms with Gasteiger partial charge in [-0.25, -0.2) is 4.39 Å². The highest BCUT2D eigenvalue weighted by molar-refractivity contribution is 6.23. The molecule has 0 atom stereocenters. The summed E-state index contributed by atoms with van der Waals surface area (Å²) in [6.07, 6.45) is 6.54. The van der Waals surface area contributed by atoms with Crippen LogP contribution < -0.4 is 0 Å².